The number of rotatable bonds is 3. The van der Waals surface area contributed by atoms with Gasteiger partial charge in [-0.25, -0.2) is 9.50 Å². The van der Waals surface area contributed by atoms with Crippen molar-refractivity contribution in [3.8, 4) is 17.3 Å². The fourth-order valence-corrected chi connectivity index (χ4v) is 3.56. The van der Waals surface area contributed by atoms with Crippen molar-refractivity contribution in [2.75, 3.05) is 5.32 Å². The molecule has 1 N–H and O–H groups in total. The van der Waals surface area contributed by atoms with E-state index in [-0.39, 0.29) is 5.92 Å². The van der Waals surface area contributed by atoms with Gasteiger partial charge < -0.3 is 5.32 Å². The van der Waals surface area contributed by atoms with Crippen molar-refractivity contribution in [3.05, 3.63) is 47.6 Å². The first-order valence-electron chi connectivity index (χ1n) is 8.50. The maximum Gasteiger partial charge on any atom is 0.154 e. The molecule has 2 heterocycles. The maximum atomic E-state index is 9.02. The number of nitrogens with zero attached hydrogens (tertiary/aromatic N) is 4. The third kappa shape index (κ3) is 3.31. The summed E-state index contributed by atoms with van der Waals surface area (Å²) < 4.78 is 1.84. The van der Waals surface area contributed by atoms with Crippen LogP contribution in [0.25, 0.3) is 16.9 Å². The molecule has 6 heteroatoms. The third-order valence-corrected chi connectivity index (χ3v) is 4.98. The minimum atomic E-state index is 0.205. The van der Waals surface area contributed by atoms with Crippen LogP contribution in [0.3, 0.4) is 0 Å². The minimum absolute atomic E-state index is 0.205. The van der Waals surface area contributed by atoms with Gasteiger partial charge in [0.1, 0.15) is 5.82 Å². The molecule has 0 unspecified atom stereocenters. The van der Waals surface area contributed by atoms with Gasteiger partial charge in [0.05, 0.1) is 18.0 Å². The van der Waals surface area contributed by atoms with E-state index >= 15 is 0 Å². The summed E-state index contributed by atoms with van der Waals surface area (Å²) in [7, 11) is 0. The zero-order chi connectivity index (χ0) is 17.2. The molecule has 1 aliphatic carbocycles. The van der Waals surface area contributed by atoms with Crippen LogP contribution < -0.4 is 5.32 Å². The summed E-state index contributed by atoms with van der Waals surface area (Å²) in [6, 6.07) is 14.4. The van der Waals surface area contributed by atoms with Crippen molar-refractivity contribution in [2.24, 2.45) is 5.92 Å². The Morgan fingerprint density at radius 2 is 2.00 bits per heavy atom. The summed E-state index contributed by atoms with van der Waals surface area (Å²) in [5.74, 6) is 1.03. The molecule has 1 aliphatic rings. The number of anilines is 1. The van der Waals surface area contributed by atoms with Gasteiger partial charge in [-0.3, -0.25) is 0 Å². The summed E-state index contributed by atoms with van der Waals surface area (Å²) in [6.07, 6.45) is 5.73. The Balaban J connectivity index is 1.60. The fraction of sp³-hybridized carbons (Fsp3) is 0.316. The Bertz CT molecular complexity index is 934. The number of hydrogen-bond donors (Lipinski definition) is 1. The van der Waals surface area contributed by atoms with E-state index in [0.29, 0.717) is 11.1 Å². The number of imidazole rings is 1. The molecule has 25 heavy (non-hydrogen) atoms. The van der Waals surface area contributed by atoms with Crippen LogP contribution in [0.5, 0.6) is 0 Å². The molecule has 1 saturated carbocycles. The van der Waals surface area contributed by atoms with Crippen LogP contribution in [-0.2, 0) is 0 Å². The second kappa shape index (κ2) is 6.73. The number of nitriles is 1. The van der Waals surface area contributed by atoms with Gasteiger partial charge in [0.25, 0.3) is 0 Å². The van der Waals surface area contributed by atoms with Crippen molar-refractivity contribution in [3.63, 3.8) is 0 Å². The number of nitrogens with one attached hydrogen (secondary N) is 1. The smallest absolute Gasteiger partial charge is 0.154 e. The van der Waals surface area contributed by atoms with E-state index in [1.807, 2.05) is 47.1 Å². The van der Waals surface area contributed by atoms with E-state index in [0.717, 1.165) is 48.4 Å². The number of halogens is 1. The highest BCUT2D eigenvalue weighted by molar-refractivity contribution is 6.30. The molecular weight excluding hydrogens is 334 g/mol. The highest BCUT2D eigenvalue weighted by Crippen LogP contribution is 2.27. The lowest BCUT2D eigenvalue weighted by molar-refractivity contribution is 0.397. The summed E-state index contributed by atoms with van der Waals surface area (Å²) in [5.41, 5.74) is 2.70. The van der Waals surface area contributed by atoms with Gasteiger partial charge in [0.15, 0.2) is 5.65 Å². The van der Waals surface area contributed by atoms with Gasteiger partial charge >= 0.3 is 0 Å². The van der Waals surface area contributed by atoms with Crippen LogP contribution in [0.4, 0.5) is 5.82 Å². The molecule has 0 atom stereocenters. The van der Waals surface area contributed by atoms with Gasteiger partial charge in [-0.05, 0) is 49.9 Å². The summed E-state index contributed by atoms with van der Waals surface area (Å²) in [4.78, 5) is 4.43. The average Bonchev–Trinajstić information content (AvgIpc) is 3.06. The minimum Gasteiger partial charge on any atom is -0.366 e. The van der Waals surface area contributed by atoms with E-state index in [1.165, 1.54) is 0 Å². The molecule has 3 aromatic rings. The summed E-state index contributed by atoms with van der Waals surface area (Å²) in [5, 5.41) is 17.9. The Morgan fingerprint density at radius 3 is 2.76 bits per heavy atom. The summed E-state index contributed by atoms with van der Waals surface area (Å²) in [6.45, 7) is 0. The van der Waals surface area contributed by atoms with Crippen LogP contribution in [0.2, 0.25) is 5.02 Å². The lowest BCUT2D eigenvalue weighted by Crippen LogP contribution is -2.26. The molecule has 126 valence electrons. The Hall–Kier alpha value is -2.58. The first-order chi connectivity index (χ1) is 12.2. The van der Waals surface area contributed by atoms with Crippen molar-refractivity contribution in [1.29, 1.82) is 5.26 Å². The highest BCUT2D eigenvalue weighted by Gasteiger charge is 2.21. The molecule has 1 aromatic carbocycles. The standard InChI is InChI=1S/C19H18ClN5/c20-15-3-1-2-14(10-15)17-12-22-19-9-8-18(24-25(17)19)23-16-6-4-13(11-21)5-7-16/h1-3,8-10,12-13,16H,4-7H2,(H,23,24). The van der Waals surface area contributed by atoms with Gasteiger partial charge in [0, 0.05) is 22.5 Å². The molecule has 2 aromatic heterocycles. The molecule has 0 radical (unpaired) electrons. The van der Waals surface area contributed by atoms with E-state index in [1.54, 1.807) is 0 Å². The largest absolute Gasteiger partial charge is 0.366 e. The van der Waals surface area contributed by atoms with E-state index in [4.69, 9.17) is 22.0 Å². The first-order valence-corrected chi connectivity index (χ1v) is 8.87. The number of fused-ring (bicyclic) bond motifs is 1. The number of aromatic nitrogens is 3. The fourth-order valence-electron chi connectivity index (χ4n) is 3.37. The first kappa shape index (κ1) is 15.9. The quantitative estimate of drug-likeness (QED) is 0.752. The van der Waals surface area contributed by atoms with Gasteiger partial charge in [-0.2, -0.15) is 5.26 Å². The molecule has 0 amide bonds. The molecule has 0 aliphatic heterocycles. The van der Waals surface area contributed by atoms with Crippen LogP contribution in [-0.4, -0.2) is 20.6 Å². The maximum absolute atomic E-state index is 9.02. The predicted molar refractivity (Wildman–Crippen MR) is 98.4 cm³/mol. The van der Waals surface area contributed by atoms with Gasteiger partial charge in [-0.1, -0.05) is 23.7 Å². The van der Waals surface area contributed by atoms with Crippen LogP contribution in [0, 0.1) is 17.2 Å². The lowest BCUT2D eigenvalue weighted by atomic mass is 9.87. The topological polar surface area (TPSA) is 66.0 Å². The van der Waals surface area contributed by atoms with Crippen LogP contribution >= 0.6 is 11.6 Å². The SMILES string of the molecule is N#CC1CCC(Nc2ccc3ncc(-c4cccc(Cl)c4)n3n2)CC1. The average molecular weight is 352 g/mol. The lowest BCUT2D eigenvalue weighted by Gasteiger charge is -2.26. The zero-order valence-electron chi connectivity index (χ0n) is 13.7. The molecule has 0 spiro atoms. The second-order valence-electron chi connectivity index (χ2n) is 6.46. The van der Waals surface area contributed by atoms with Gasteiger partial charge in [0.2, 0.25) is 0 Å². The predicted octanol–water partition coefficient (Wildman–Crippen LogP) is 4.54. The zero-order valence-corrected chi connectivity index (χ0v) is 14.4. The normalized spacial score (nSPS) is 20.3. The monoisotopic (exact) mass is 351 g/mol. The molecular formula is C19H18ClN5. The molecule has 0 bridgehead atoms. The number of benzene rings is 1. The number of hydrogen-bond acceptors (Lipinski definition) is 4. The highest BCUT2D eigenvalue weighted by atomic mass is 35.5. The van der Waals surface area contributed by atoms with Crippen molar-refractivity contribution >= 4 is 23.1 Å². The molecule has 4 rings (SSSR count). The van der Waals surface area contributed by atoms with Crippen LogP contribution in [0.15, 0.2) is 42.6 Å². The Kier molecular flexibility index (Phi) is 4.29. The van der Waals surface area contributed by atoms with E-state index < -0.39 is 0 Å². The molecule has 1 fully saturated rings. The van der Waals surface area contributed by atoms with Crippen molar-refractivity contribution in [2.45, 2.75) is 31.7 Å². The summed E-state index contributed by atoms with van der Waals surface area (Å²) >= 11 is 6.11. The van der Waals surface area contributed by atoms with Gasteiger partial charge in [-0.15, -0.1) is 5.10 Å². The Labute approximate surface area is 151 Å². The molecule has 5 nitrogen and oxygen atoms in total. The van der Waals surface area contributed by atoms with Crippen molar-refractivity contribution < 1.29 is 0 Å². The van der Waals surface area contributed by atoms with Crippen LogP contribution in [0.1, 0.15) is 25.7 Å². The van der Waals surface area contributed by atoms with Crippen molar-refractivity contribution in [1.82, 2.24) is 14.6 Å². The Morgan fingerprint density at radius 1 is 1.16 bits per heavy atom. The van der Waals surface area contributed by atoms with E-state index in [9.17, 15) is 0 Å². The molecule has 0 saturated heterocycles. The second-order valence-corrected chi connectivity index (χ2v) is 6.90. The van der Waals surface area contributed by atoms with E-state index in [2.05, 4.69) is 16.4 Å². The third-order valence-electron chi connectivity index (χ3n) is 4.74.